The predicted octanol–water partition coefficient (Wildman–Crippen LogP) is 3.67. The number of carbonyl (C=O) groups excluding carboxylic acids is 1. The van der Waals surface area contributed by atoms with E-state index >= 15 is 0 Å². The average molecular weight is 498 g/mol. The third kappa shape index (κ3) is 7.42. The maximum Gasteiger partial charge on any atom is 0.326 e. The fraction of sp³-hybridized carbons (Fsp3) is 0.241. The normalized spacial score (nSPS) is 11.8. The lowest BCUT2D eigenvalue weighted by molar-refractivity contribution is -0.139. The first-order chi connectivity index (χ1) is 18.1. The van der Waals surface area contributed by atoms with Crippen LogP contribution in [0.2, 0.25) is 0 Å². The largest absolute Gasteiger partial charge is 0.480 e. The van der Waals surface area contributed by atoms with Crippen molar-refractivity contribution >= 4 is 22.6 Å². The second-order valence-corrected chi connectivity index (χ2v) is 8.75. The predicted molar refractivity (Wildman–Crippen MR) is 143 cm³/mol. The van der Waals surface area contributed by atoms with E-state index in [0.717, 1.165) is 27.7 Å². The molecule has 2 heterocycles. The van der Waals surface area contributed by atoms with Crippen LogP contribution in [0.25, 0.3) is 10.8 Å². The molecule has 8 nitrogen and oxygen atoms in total. The van der Waals surface area contributed by atoms with Crippen molar-refractivity contribution in [3.8, 4) is 0 Å². The summed E-state index contributed by atoms with van der Waals surface area (Å²) in [6, 6.07) is 21.9. The smallest absolute Gasteiger partial charge is 0.326 e. The van der Waals surface area contributed by atoms with E-state index in [9.17, 15) is 14.7 Å². The molecule has 37 heavy (non-hydrogen) atoms. The van der Waals surface area contributed by atoms with Gasteiger partial charge in [-0.3, -0.25) is 14.8 Å². The summed E-state index contributed by atoms with van der Waals surface area (Å²) in [6.07, 6.45) is 4.43. The molecule has 0 saturated carbocycles. The average Bonchev–Trinajstić information content (AvgIpc) is 2.93. The summed E-state index contributed by atoms with van der Waals surface area (Å²) in [5, 5.41) is 20.8. The number of rotatable bonds is 13. The van der Waals surface area contributed by atoms with Crippen LogP contribution in [0.3, 0.4) is 0 Å². The minimum atomic E-state index is -1.04. The van der Waals surface area contributed by atoms with Gasteiger partial charge in [0.1, 0.15) is 6.04 Å². The van der Waals surface area contributed by atoms with Crippen molar-refractivity contribution in [1.82, 2.24) is 25.9 Å². The molecular weight excluding hydrogens is 466 g/mol. The lowest BCUT2D eigenvalue weighted by Crippen LogP contribution is -2.41. The number of hydrogen-bond acceptors (Lipinski definition) is 6. The van der Waals surface area contributed by atoms with Gasteiger partial charge in [-0.05, 0) is 66.1 Å². The van der Waals surface area contributed by atoms with E-state index in [1.807, 2.05) is 66.7 Å². The quantitative estimate of drug-likeness (QED) is 0.208. The zero-order chi connectivity index (χ0) is 25.9. The number of carbonyl (C=O) groups is 2. The molecule has 0 aliphatic heterocycles. The van der Waals surface area contributed by atoms with Gasteiger partial charge in [0, 0.05) is 37.6 Å². The van der Waals surface area contributed by atoms with Gasteiger partial charge in [-0.15, -0.1) is 0 Å². The molecule has 0 radical (unpaired) electrons. The minimum absolute atomic E-state index is 0.323. The molecule has 1 amide bonds. The first kappa shape index (κ1) is 25.9. The highest BCUT2D eigenvalue weighted by atomic mass is 16.4. The van der Waals surface area contributed by atoms with Gasteiger partial charge in [0.15, 0.2) is 0 Å². The van der Waals surface area contributed by atoms with Crippen LogP contribution < -0.4 is 16.0 Å². The van der Waals surface area contributed by atoms with Crippen molar-refractivity contribution in [2.45, 2.75) is 38.5 Å². The number of hydrogen-bond donors (Lipinski definition) is 4. The van der Waals surface area contributed by atoms with Gasteiger partial charge >= 0.3 is 5.97 Å². The minimum Gasteiger partial charge on any atom is -0.480 e. The molecule has 4 rings (SSSR count). The Morgan fingerprint density at radius 3 is 2.05 bits per heavy atom. The summed E-state index contributed by atoms with van der Waals surface area (Å²) in [7, 11) is 0. The Balaban J connectivity index is 1.35. The van der Waals surface area contributed by atoms with E-state index < -0.39 is 17.9 Å². The molecule has 1 atom stereocenters. The van der Waals surface area contributed by atoms with Crippen LogP contribution >= 0.6 is 0 Å². The summed E-state index contributed by atoms with van der Waals surface area (Å²) in [5.74, 6) is -1.43. The summed E-state index contributed by atoms with van der Waals surface area (Å²) in [4.78, 5) is 33.6. The van der Waals surface area contributed by atoms with Gasteiger partial charge in [0.05, 0.1) is 11.4 Å². The van der Waals surface area contributed by atoms with Crippen molar-refractivity contribution in [2.75, 3.05) is 6.54 Å². The van der Waals surface area contributed by atoms with Crippen LogP contribution in [0, 0.1) is 0 Å². The van der Waals surface area contributed by atoms with Crippen molar-refractivity contribution in [3.63, 3.8) is 0 Å². The zero-order valence-corrected chi connectivity index (χ0v) is 20.6. The van der Waals surface area contributed by atoms with Crippen LogP contribution in [0.5, 0.6) is 0 Å². The lowest BCUT2D eigenvalue weighted by atomic mass is 9.98. The van der Waals surface area contributed by atoms with Crippen molar-refractivity contribution in [3.05, 3.63) is 108 Å². The number of pyridine rings is 2. The fourth-order valence-electron chi connectivity index (χ4n) is 4.19. The Bertz CT molecular complexity index is 1320. The topological polar surface area (TPSA) is 116 Å². The van der Waals surface area contributed by atoms with Gasteiger partial charge in [-0.2, -0.15) is 0 Å². The Labute approximate surface area is 216 Å². The number of amides is 1. The zero-order valence-electron chi connectivity index (χ0n) is 20.6. The lowest BCUT2D eigenvalue weighted by Gasteiger charge is -2.17. The van der Waals surface area contributed by atoms with Gasteiger partial charge in [-0.1, -0.05) is 42.5 Å². The summed E-state index contributed by atoms with van der Waals surface area (Å²) in [5.41, 5.74) is 3.39. The van der Waals surface area contributed by atoms with E-state index in [4.69, 9.17) is 0 Å². The molecule has 0 saturated heterocycles. The highest BCUT2D eigenvalue weighted by Crippen LogP contribution is 2.23. The number of benzene rings is 2. The molecular formula is C29H31N5O3. The van der Waals surface area contributed by atoms with Crippen molar-refractivity contribution in [1.29, 1.82) is 0 Å². The Morgan fingerprint density at radius 1 is 0.757 bits per heavy atom. The van der Waals surface area contributed by atoms with E-state index in [-0.39, 0.29) is 0 Å². The number of fused-ring (bicyclic) bond motifs is 1. The number of aromatic nitrogens is 2. The molecule has 0 unspecified atom stereocenters. The number of nitrogens with one attached hydrogen (secondary N) is 3. The number of carboxylic acid groups (broad SMARTS) is 1. The number of nitrogens with zero attached hydrogens (tertiary/aromatic N) is 2. The highest BCUT2D eigenvalue weighted by molar-refractivity contribution is 6.08. The molecule has 2 aromatic heterocycles. The molecule has 0 aliphatic rings. The van der Waals surface area contributed by atoms with E-state index in [2.05, 4.69) is 25.9 Å². The molecule has 4 aromatic rings. The van der Waals surface area contributed by atoms with Crippen LogP contribution in [0.1, 0.15) is 40.2 Å². The molecule has 8 heteroatoms. The molecule has 0 spiro atoms. The monoisotopic (exact) mass is 497 g/mol. The van der Waals surface area contributed by atoms with Gasteiger partial charge < -0.3 is 21.1 Å². The summed E-state index contributed by atoms with van der Waals surface area (Å²) >= 11 is 0. The molecule has 190 valence electrons. The highest BCUT2D eigenvalue weighted by Gasteiger charge is 2.21. The molecule has 0 bridgehead atoms. The Morgan fingerprint density at radius 2 is 1.41 bits per heavy atom. The van der Waals surface area contributed by atoms with E-state index in [1.54, 1.807) is 18.5 Å². The van der Waals surface area contributed by atoms with Crippen LogP contribution in [0.4, 0.5) is 0 Å². The van der Waals surface area contributed by atoms with Crippen LogP contribution in [-0.2, 0) is 24.4 Å². The molecule has 0 aliphatic carbocycles. The first-order valence-electron chi connectivity index (χ1n) is 12.4. The van der Waals surface area contributed by atoms with E-state index in [0.29, 0.717) is 44.6 Å². The molecule has 2 aromatic carbocycles. The maximum absolute atomic E-state index is 13.1. The third-order valence-electron chi connectivity index (χ3n) is 6.09. The second kappa shape index (κ2) is 13.2. The standard InChI is InChI=1S/C29H31N5O3/c35-28(34-27(29(36)37)12-7-15-30-19-22-8-3-5-16-32-22)26-14-13-21(24-10-1-2-11-25(24)26)18-31-20-23-9-4-6-17-33-23/h1-6,8-11,13-14,16-17,27,30-31H,7,12,15,18-20H2,(H,34,35)(H,36,37)/t27-/m0/s1. The Hall–Kier alpha value is -4.14. The summed E-state index contributed by atoms with van der Waals surface area (Å²) in [6.45, 7) is 2.48. The second-order valence-electron chi connectivity index (χ2n) is 8.75. The van der Waals surface area contributed by atoms with Crippen molar-refractivity contribution < 1.29 is 14.7 Å². The van der Waals surface area contributed by atoms with Gasteiger partial charge in [-0.25, -0.2) is 4.79 Å². The van der Waals surface area contributed by atoms with Crippen molar-refractivity contribution in [2.24, 2.45) is 0 Å². The molecule has 4 N–H and O–H groups in total. The van der Waals surface area contributed by atoms with Gasteiger partial charge in [0.2, 0.25) is 0 Å². The van der Waals surface area contributed by atoms with E-state index in [1.165, 1.54) is 0 Å². The summed E-state index contributed by atoms with van der Waals surface area (Å²) < 4.78 is 0. The molecule has 0 fully saturated rings. The SMILES string of the molecule is O=C(N[C@@H](CCCNCc1ccccn1)C(=O)O)c1ccc(CNCc2ccccn2)c2ccccc12. The Kier molecular flexibility index (Phi) is 9.29. The maximum atomic E-state index is 13.1. The first-order valence-corrected chi connectivity index (χ1v) is 12.4. The number of carboxylic acids is 1. The fourth-order valence-corrected chi connectivity index (χ4v) is 4.19. The van der Waals surface area contributed by atoms with Crippen LogP contribution in [0.15, 0.2) is 85.2 Å². The van der Waals surface area contributed by atoms with Crippen LogP contribution in [-0.4, -0.2) is 39.5 Å². The number of aliphatic carboxylic acids is 1. The third-order valence-corrected chi connectivity index (χ3v) is 6.09. The van der Waals surface area contributed by atoms with Gasteiger partial charge in [0.25, 0.3) is 5.91 Å².